The molecule has 216 valence electrons. The molecule has 0 aliphatic heterocycles. The van der Waals surface area contributed by atoms with Crippen LogP contribution < -0.4 is 14.2 Å². The molecule has 15 heteroatoms. The Labute approximate surface area is 236 Å². The predicted molar refractivity (Wildman–Crippen MR) is 149 cm³/mol. The topological polar surface area (TPSA) is 141 Å². The first-order chi connectivity index (χ1) is 19.4. The fourth-order valence-electron chi connectivity index (χ4n) is 3.66. The van der Waals surface area contributed by atoms with E-state index in [1.54, 1.807) is 23.0 Å². The predicted octanol–water partition coefficient (Wildman–Crippen LogP) is 4.68. The van der Waals surface area contributed by atoms with E-state index in [0.29, 0.717) is 17.6 Å². The molecule has 0 saturated heterocycles. The van der Waals surface area contributed by atoms with Crippen LogP contribution in [0.15, 0.2) is 47.8 Å². The Balaban J connectivity index is 1.48. The SMILES string of the molecule is COc1ncc(C#N)cc1S(=O)(=O)Nc1ccc(F)c(COc2cnc3c(cnn3COCC[Si](C)(C)C)c2)c1F. The second-order valence-corrected chi connectivity index (χ2v) is 17.5. The van der Waals surface area contributed by atoms with Gasteiger partial charge in [-0.2, -0.15) is 10.4 Å². The summed E-state index contributed by atoms with van der Waals surface area (Å²) in [5.41, 5.74) is -0.527. The van der Waals surface area contributed by atoms with Crippen molar-refractivity contribution in [3.63, 3.8) is 0 Å². The molecule has 1 aromatic carbocycles. The molecule has 11 nitrogen and oxygen atoms in total. The molecular weight excluding hydrogens is 574 g/mol. The first kappa shape index (κ1) is 29.8. The molecule has 0 spiro atoms. The van der Waals surface area contributed by atoms with Crippen LogP contribution in [0.1, 0.15) is 11.1 Å². The van der Waals surface area contributed by atoms with Gasteiger partial charge in [-0.05, 0) is 30.3 Å². The average molecular weight is 603 g/mol. The van der Waals surface area contributed by atoms with Crippen molar-refractivity contribution < 1.29 is 31.4 Å². The second-order valence-electron chi connectivity index (χ2n) is 10.2. The summed E-state index contributed by atoms with van der Waals surface area (Å²) < 4.78 is 75.8. The van der Waals surface area contributed by atoms with Gasteiger partial charge < -0.3 is 14.2 Å². The number of halogens is 2. The van der Waals surface area contributed by atoms with Crippen molar-refractivity contribution in [3.8, 4) is 17.7 Å². The third-order valence-electron chi connectivity index (χ3n) is 5.90. The number of methoxy groups -OCH3 is 1. The van der Waals surface area contributed by atoms with Crippen LogP contribution in [-0.2, 0) is 28.1 Å². The highest BCUT2D eigenvalue weighted by Crippen LogP contribution is 2.29. The Hall–Kier alpha value is -4.13. The largest absolute Gasteiger partial charge is 0.487 e. The maximum atomic E-state index is 15.3. The number of nitrogens with one attached hydrogen (secondary N) is 1. The van der Waals surface area contributed by atoms with E-state index in [-0.39, 0.29) is 23.9 Å². The molecule has 0 fully saturated rings. The first-order valence-corrected chi connectivity index (χ1v) is 17.6. The standard InChI is InChI=1S/C26H28F2N6O5SSi/c1-37-26-23(9-17(11-29)12-31-26)40(35,36)33-22-6-5-21(27)20(24(22)28)15-39-19-10-18-13-32-34(25(18)30-14-19)16-38-7-8-41(2,3)4/h5-6,9-10,12-14,33H,7-8,15-16H2,1-4H3. The number of ether oxygens (including phenoxy) is 3. The summed E-state index contributed by atoms with van der Waals surface area (Å²) in [6, 6.07) is 7.30. The minimum atomic E-state index is -4.47. The summed E-state index contributed by atoms with van der Waals surface area (Å²) in [7, 11) is -4.49. The van der Waals surface area contributed by atoms with E-state index in [9.17, 15) is 12.8 Å². The van der Waals surface area contributed by atoms with Gasteiger partial charge in [0.25, 0.3) is 10.0 Å². The number of rotatable bonds is 12. The van der Waals surface area contributed by atoms with Gasteiger partial charge >= 0.3 is 0 Å². The van der Waals surface area contributed by atoms with E-state index in [1.807, 2.05) is 0 Å². The van der Waals surface area contributed by atoms with Crippen LogP contribution in [0.3, 0.4) is 0 Å². The zero-order valence-corrected chi connectivity index (χ0v) is 24.6. The Morgan fingerprint density at radius 2 is 1.90 bits per heavy atom. The number of hydrogen-bond donors (Lipinski definition) is 1. The number of nitriles is 1. The minimum Gasteiger partial charge on any atom is -0.487 e. The van der Waals surface area contributed by atoms with Crippen LogP contribution in [0.5, 0.6) is 11.6 Å². The molecule has 0 aliphatic carbocycles. The quantitative estimate of drug-likeness (QED) is 0.181. The number of anilines is 1. The molecule has 41 heavy (non-hydrogen) atoms. The smallest absolute Gasteiger partial charge is 0.267 e. The highest BCUT2D eigenvalue weighted by atomic mass is 32.2. The van der Waals surface area contributed by atoms with Crippen LogP contribution in [0.25, 0.3) is 11.0 Å². The van der Waals surface area contributed by atoms with E-state index >= 15 is 4.39 Å². The molecule has 0 bridgehead atoms. The van der Waals surface area contributed by atoms with Gasteiger partial charge in [0.1, 0.15) is 31.0 Å². The van der Waals surface area contributed by atoms with Gasteiger partial charge in [-0.3, -0.25) is 4.72 Å². The molecule has 0 aliphatic rings. The fourth-order valence-corrected chi connectivity index (χ4v) is 5.62. The van der Waals surface area contributed by atoms with Crippen molar-refractivity contribution >= 4 is 34.8 Å². The molecule has 0 atom stereocenters. The van der Waals surface area contributed by atoms with Crippen LogP contribution in [-0.4, -0.2) is 50.0 Å². The van der Waals surface area contributed by atoms with Crippen molar-refractivity contribution in [1.29, 1.82) is 5.26 Å². The summed E-state index contributed by atoms with van der Waals surface area (Å²) in [5.74, 6) is -2.18. The summed E-state index contributed by atoms with van der Waals surface area (Å²) >= 11 is 0. The molecule has 4 aromatic rings. The lowest BCUT2D eigenvalue weighted by Crippen LogP contribution is -2.22. The lowest BCUT2D eigenvalue weighted by atomic mass is 10.2. The molecule has 0 radical (unpaired) electrons. The summed E-state index contributed by atoms with van der Waals surface area (Å²) in [5, 5.41) is 14.0. The van der Waals surface area contributed by atoms with Gasteiger partial charge in [0.2, 0.25) is 5.88 Å². The lowest BCUT2D eigenvalue weighted by Gasteiger charge is -2.15. The third-order valence-corrected chi connectivity index (χ3v) is 8.97. The number of fused-ring (bicyclic) bond motifs is 1. The number of benzene rings is 1. The van der Waals surface area contributed by atoms with Crippen molar-refractivity contribution in [2.75, 3.05) is 18.4 Å². The highest BCUT2D eigenvalue weighted by molar-refractivity contribution is 7.92. The van der Waals surface area contributed by atoms with Crippen LogP contribution in [0, 0.1) is 23.0 Å². The van der Waals surface area contributed by atoms with Crippen LogP contribution in [0.2, 0.25) is 25.7 Å². The maximum Gasteiger partial charge on any atom is 0.267 e. The van der Waals surface area contributed by atoms with Crippen LogP contribution in [0.4, 0.5) is 14.5 Å². The number of aromatic nitrogens is 4. The summed E-state index contributed by atoms with van der Waals surface area (Å²) in [6.45, 7) is 7.11. The molecule has 0 amide bonds. The van der Waals surface area contributed by atoms with Gasteiger partial charge in [0.05, 0.1) is 36.3 Å². The summed E-state index contributed by atoms with van der Waals surface area (Å²) in [6.07, 6.45) is 4.11. The third kappa shape index (κ3) is 7.15. The van der Waals surface area contributed by atoms with Gasteiger partial charge in [-0.25, -0.2) is 31.8 Å². The molecule has 0 saturated carbocycles. The van der Waals surface area contributed by atoms with E-state index in [2.05, 4.69) is 39.4 Å². The van der Waals surface area contributed by atoms with Gasteiger partial charge in [0, 0.05) is 26.3 Å². The Morgan fingerprint density at radius 3 is 2.61 bits per heavy atom. The lowest BCUT2D eigenvalue weighted by molar-refractivity contribution is 0.0813. The number of sulfonamides is 1. The molecule has 1 N–H and O–H groups in total. The Bertz CT molecular complexity index is 1720. The number of pyridine rings is 2. The Kier molecular flexibility index (Phi) is 8.85. The zero-order valence-electron chi connectivity index (χ0n) is 22.8. The second kappa shape index (κ2) is 12.2. The summed E-state index contributed by atoms with van der Waals surface area (Å²) in [4.78, 5) is 7.64. The van der Waals surface area contributed by atoms with E-state index < -0.39 is 52.5 Å². The monoisotopic (exact) mass is 602 g/mol. The van der Waals surface area contributed by atoms with Gasteiger partial charge in [0.15, 0.2) is 16.4 Å². The first-order valence-electron chi connectivity index (χ1n) is 12.4. The van der Waals surface area contributed by atoms with Crippen molar-refractivity contribution in [2.24, 2.45) is 0 Å². The normalized spacial score (nSPS) is 11.8. The minimum absolute atomic E-state index is 0.0504. The number of nitrogens with zero attached hydrogens (tertiary/aromatic N) is 5. The highest BCUT2D eigenvalue weighted by Gasteiger charge is 2.25. The molecule has 3 aromatic heterocycles. The van der Waals surface area contributed by atoms with E-state index in [1.165, 1.54) is 13.3 Å². The zero-order chi connectivity index (χ0) is 29.8. The Morgan fingerprint density at radius 1 is 1.12 bits per heavy atom. The van der Waals surface area contributed by atoms with Crippen LogP contribution >= 0.6 is 0 Å². The van der Waals surface area contributed by atoms with Gasteiger partial charge in [-0.15, -0.1) is 0 Å². The van der Waals surface area contributed by atoms with Crippen molar-refractivity contribution in [2.45, 2.75) is 43.9 Å². The van der Waals surface area contributed by atoms with E-state index in [4.69, 9.17) is 19.5 Å². The van der Waals surface area contributed by atoms with Crippen molar-refractivity contribution in [1.82, 2.24) is 19.7 Å². The molecule has 0 unspecified atom stereocenters. The molecule has 4 rings (SSSR count). The number of hydrogen-bond acceptors (Lipinski definition) is 9. The van der Waals surface area contributed by atoms with Crippen molar-refractivity contribution in [3.05, 3.63) is 65.6 Å². The molecular formula is C26H28F2N6O5SSi. The average Bonchev–Trinajstić information content (AvgIpc) is 3.33. The maximum absolute atomic E-state index is 15.3. The fraction of sp³-hybridized carbons (Fsp3) is 0.308. The van der Waals surface area contributed by atoms with Gasteiger partial charge in [-0.1, -0.05) is 19.6 Å². The molecule has 3 heterocycles. The van der Waals surface area contributed by atoms with E-state index in [0.717, 1.165) is 30.4 Å².